The number of H-pyrrole nitrogens is 1. The van der Waals surface area contributed by atoms with E-state index in [2.05, 4.69) is 10.3 Å². The van der Waals surface area contributed by atoms with Gasteiger partial charge in [-0.15, -0.1) is 0 Å². The molecule has 0 aliphatic heterocycles. The lowest BCUT2D eigenvalue weighted by atomic mass is 9.98. The number of benzene rings is 2. The lowest BCUT2D eigenvalue weighted by Gasteiger charge is -2.10. The average Bonchev–Trinajstić information content (AvgIpc) is 3.07. The second-order valence-corrected chi connectivity index (χ2v) is 7.20. The molecule has 0 fully saturated rings. The van der Waals surface area contributed by atoms with Crippen molar-refractivity contribution >= 4 is 23.3 Å². The number of carbonyl (C=O) groups excluding carboxylic acids is 3. The minimum atomic E-state index is -0.855. The van der Waals surface area contributed by atoms with Crippen LogP contribution in [0.2, 0.25) is 0 Å². The van der Waals surface area contributed by atoms with Crippen molar-refractivity contribution in [3.05, 3.63) is 76.4 Å². The van der Waals surface area contributed by atoms with Gasteiger partial charge in [-0.3, -0.25) is 9.59 Å². The summed E-state index contributed by atoms with van der Waals surface area (Å²) in [5.74, 6) is -2.80. The molecule has 0 aliphatic carbocycles. The molecular weight excluding hydrogens is 399 g/mol. The van der Waals surface area contributed by atoms with Crippen molar-refractivity contribution in [1.29, 1.82) is 0 Å². The number of hydrogen-bond donors (Lipinski definition) is 2. The van der Waals surface area contributed by atoms with Crippen LogP contribution in [0, 0.1) is 26.6 Å². The largest absolute Gasteiger partial charge is 0.462 e. The van der Waals surface area contributed by atoms with Crippen molar-refractivity contribution in [2.45, 2.75) is 27.7 Å². The Morgan fingerprint density at radius 1 is 1.03 bits per heavy atom. The molecule has 31 heavy (non-hydrogen) atoms. The molecule has 0 radical (unpaired) electrons. The van der Waals surface area contributed by atoms with Gasteiger partial charge in [-0.25, -0.2) is 9.18 Å². The quantitative estimate of drug-likeness (QED) is 0.341. The summed E-state index contributed by atoms with van der Waals surface area (Å²) >= 11 is 0. The zero-order valence-corrected chi connectivity index (χ0v) is 17.8. The molecule has 2 N–H and O–H groups in total. The van der Waals surface area contributed by atoms with Crippen LogP contribution in [-0.2, 0) is 9.53 Å². The zero-order valence-electron chi connectivity index (χ0n) is 17.8. The SMILES string of the molecule is CCOC(=O)c1c(C)[nH]c(C(=O)C(=O)Nc2ccc(C)cc2C)c1-c1ccc(F)cc1. The zero-order chi connectivity index (χ0) is 22.7. The summed E-state index contributed by atoms with van der Waals surface area (Å²) in [7, 11) is 0. The number of aromatic amines is 1. The maximum Gasteiger partial charge on any atom is 0.340 e. The number of rotatable bonds is 6. The Balaban J connectivity index is 2.06. The Morgan fingerprint density at radius 3 is 2.32 bits per heavy atom. The number of halogens is 1. The van der Waals surface area contributed by atoms with E-state index in [-0.39, 0.29) is 23.4 Å². The molecule has 3 rings (SSSR count). The van der Waals surface area contributed by atoms with Gasteiger partial charge in [-0.1, -0.05) is 29.8 Å². The maximum absolute atomic E-state index is 13.5. The number of Topliss-reactive ketones (excluding diaryl/α,β-unsaturated/α-hetero) is 1. The first-order valence-corrected chi connectivity index (χ1v) is 9.81. The number of aryl methyl sites for hydroxylation is 3. The number of ketones is 1. The van der Waals surface area contributed by atoms with E-state index in [1.54, 1.807) is 19.9 Å². The van der Waals surface area contributed by atoms with Crippen molar-refractivity contribution in [3.8, 4) is 11.1 Å². The minimum Gasteiger partial charge on any atom is -0.462 e. The number of hydrogen-bond acceptors (Lipinski definition) is 4. The molecule has 0 aliphatic rings. The highest BCUT2D eigenvalue weighted by molar-refractivity contribution is 6.47. The standard InChI is InChI=1S/C24H23FN2O4/c1-5-31-24(30)19-15(4)26-21(20(19)16-7-9-17(25)10-8-16)22(28)23(29)27-18-11-6-13(2)12-14(18)3/h6-12,26H,5H2,1-4H3,(H,27,29). The van der Waals surface area contributed by atoms with Crippen LogP contribution in [0.5, 0.6) is 0 Å². The Morgan fingerprint density at radius 2 is 1.71 bits per heavy atom. The number of ether oxygens (including phenoxy) is 1. The predicted molar refractivity (Wildman–Crippen MR) is 116 cm³/mol. The third kappa shape index (κ3) is 4.55. The van der Waals surface area contributed by atoms with Gasteiger partial charge < -0.3 is 15.0 Å². The monoisotopic (exact) mass is 422 g/mol. The van der Waals surface area contributed by atoms with E-state index >= 15 is 0 Å². The fourth-order valence-electron chi connectivity index (χ4n) is 3.41. The molecule has 0 spiro atoms. The number of carbonyl (C=O) groups is 3. The molecule has 2 aromatic carbocycles. The Labute approximate surface area is 179 Å². The highest BCUT2D eigenvalue weighted by Gasteiger charge is 2.30. The maximum atomic E-state index is 13.5. The Bertz CT molecular complexity index is 1160. The van der Waals surface area contributed by atoms with Crippen LogP contribution in [0.15, 0.2) is 42.5 Å². The van der Waals surface area contributed by atoms with Crippen LogP contribution in [-0.4, -0.2) is 29.3 Å². The van der Waals surface area contributed by atoms with Gasteiger partial charge in [-0.2, -0.15) is 0 Å². The molecule has 1 heterocycles. The molecular formula is C24H23FN2O4. The van der Waals surface area contributed by atoms with E-state index in [0.29, 0.717) is 16.9 Å². The molecule has 0 saturated heterocycles. The molecule has 0 saturated carbocycles. The Hall–Kier alpha value is -3.74. The van der Waals surface area contributed by atoms with Crippen LogP contribution in [0.4, 0.5) is 10.1 Å². The van der Waals surface area contributed by atoms with Gasteiger partial charge in [0.1, 0.15) is 11.5 Å². The first kappa shape index (κ1) is 22.0. The number of esters is 1. The first-order chi connectivity index (χ1) is 14.7. The van der Waals surface area contributed by atoms with E-state index in [0.717, 1.165) is 11.1 Å². The smallest absolute Gasteiger partial charge is 0.340 e. The number of anilines is 1. The highest BCUT2D eigenvalue weighted by Crippen LogP contribution is 2.32. The van der Waals surface area contributed by atoms with Crippen LogP contribution < -0.4 is 5.32 Å². The summed E-state index contributed by atoms with van der Waals surface area (Å²) < 4.78 is 18.6. The van der Waals surface area contributed by atoms with Crippen LogP contribution in [0.25, 0.3) is 11.1 Å². The van der Waals surface area contributed by atoms with Crippen LogP contribution in [0.3, 0.4) is 0 Å². The third-order valence-electron chi connectivity index (χ3n) is 4.86. The second kappa shape index (κ2) is 8.95. The molecule has 3 aromatic rings. The molecule has 0 atom stereocenters. The number of aromatic nitrogens is 1. The fourth-order valence-corrected chi connectivity index (χ4v) is 3.41. The summed E-state index contributed by atoms with van der Waals surface area (Å²) in [4.78, 5) is 41.2. The van der Waals surface area contributed by atoms with Crippen molar-refractivity contribution in [2.75, 3.05) is 11.9 Å². The van der Waals surface area contributed by atoms with E-state index < -0.39 is 23.5 Å². The van der Waals surface area contributed by atoms with Gasteiger partial charge in [0.05, 0.1) is 12.2 Å². The summed E-state index contributed by atoms with van der Waals surface area (Å²) in [6, 6.07) is 10.8. The molecule has 7 heteroatoms. The summed E-state index contributed by atoms with van der Waals surface area (Å²) in [6.45, 7) is 7.17. The fraction of sp³-hybridized carbons (Fsp3) is 0.208. The first-order valence-electron chi connectivity index (χ1n) is 9.81. The number of amides is 1. The van der Waals surface area contributed by atoms with Crippen molar-refractivity contribution in [1.82, 2.24) is 4.98 Å². The molecule has 0 unspecified atom stereocenters. The Kier molecular flexibility index (Phi) is 6.34. The summed E-state index contributed by atoms with van der Waals surface area (Å²) in [5, 5.41) is 2.62. The lowest BCUT2D eigenvalue weighted by Crippen LogP contribution is -2.24. The molecule has 0 bridgehead atoms. The summed E-state index contributed by atoms with van der Waals surface area (Å²) in [5.41, 5.74) is 3.43. The molecule has 6 nitrogen and oxygen atoms in total. The van der Waals surface area contributed by atoms with Crippen molar-refractivity contribution in [2.24, 2.45) is 0 Å². The molecule has 1 aromatic heterocycles. The predicted octanol–water partition coefficient (Wildman–Crippen LogP) is 4.74. The van der Waals surface area contributed by atoms with Gasteiger partial charge in [0.25, 0.3) is 11.7 Å². The van der Waals surface area contributed by atoms with E-state index in [9.17, 15) is 18.8 Å². The highest BCUT2D eigenvalue weighted by atomic mass is 19.1. The molecule has 1 amide bonds. The van der Waals surface area contributed by atoms with Crippen LogP contribution in [0.1, 0.15) is 44.6 Å². The van der Waals surface area contributed by atoms with Gasteiger partial charge in [0, 0.05) is 16.9 Å². The lowest BCUT2D eigenvalue weighted by molar-refractivity contribution is -0.112. The van der Waals surface area contributed by atoms with Gasteiger partial charge >= 0.3 is 5.97 Å². The summed E-state index contributed by atoms with van der Waals surface area (Å²) in [6.07, 6.45) is 0. The van der Waals surface area contributed by atoms with E-state index in [1.807, 2.05) is 26.0 Å². The van der Waals surface area contributed by atoms with Crippen molar-refractivity contribution in [3.63, 3.8) is 0 Å². The van der Waals surface area contributed by atoms with Gasteiger partial charge in [0.15, 0.2) is 0 Å². The van der Waals surface area contributed by atoms with Crippen LogP contribution >= 0.6 is 0 Å². The van der Waals surface area contributed by atoms with Crippen molar-refractivity contribution < 1.29 is 23.5 Å². The van der Waals surface area contributed by atoms with Gasteiger partial charge in [0.2, 0.25) is 0 Å². The van der Waals surface area contributed by atoms with E-state index in [1.165, 1.54) is 24.3 Å². The minimum absolute atomic E-state index is 0.0607. The third-order valence-corrected chi connectivity index (χ3v) is 4.86. The topological polar surface area (TPSA) is 88.3 Å². The van der Waals surface area contributed by atoms with E-state index in [4.69, 9.17) is 4.74 Å². The number of nitrogens with one attached hydrogen (secondary N) is 2. The molecule has 160 valence electrons. The normalized spacial score (nSPS) is 10.6. The second-order valence-electron chi connectivity index (χ2n) is 7.20. The van der Waals surface area contributed by atoms with Gasteiger partial charge in [-0.05, 0) is 57.0 Å². The average molecular weight is 422 g/mol.